The summed E-state index contributed by atoms with van der Waals surface area (Å²) < 4.78 is 0. The number of carbonyl (C=O) groups is 1. The molecule has 2 atom stereocenters. The summed E-state index contributed by atoms with van der Waals surface area (Å²) >= 11 is 0. The molecule has 0 aromatic heterocycles. The lowest BCUT2D eigenvalue weighted by molar-refractivity contribution is 0.0677. The molecule has 3 aliphatic heterocycles. The first-order chi connectivity index (χ1) is 18.2. The van der Waals surface area contributed by atoms with Crippen molar-refractivity contribution in [2.45, 2.75) is 32.0 Å². The Morgan fingerprint density at radius 1 is 1.11 bits per heavy atom. The Kier molecular flexibility index (Phi) is 7.21. The number of nitrogens with zero attached hydrogens (tertiary/aromatic N) is 4. The highest BCUT2D eigenvalue weighted by molar-refractivity contribution is 5.89. The predicted molar refractivity (Wildman–Crippen MR) is 156 cm³/mol. The Bertz CT molecular complexity index is 1260. The molecule has 1 unspecified atom stereocenters. The zero-order valence-electron chi connectivity index (χ0n) is 23.2. The van der Waals surface area contributed by atoms with Crippen molar-refractivity contribution in [3.05, 3.63) is 89.8 Å². The maximum atomic E-state index is 13.3. The van der Waals surface area contributed by atoms with Gasteiger partial charge in [-0.25, -0.2) is 4.79 Å². The van der Waals surface area contributed by atoms with Gasteiger partial charge in [0.2, 0.25) is 0 Å². The number of hydrogen-bond acceptors (Lipinski definition) is 5. The van der Waals surface area contributed by atoms with E-state index in [-0.39, 0.29) is 17.6 Å². The van der Waals surface area contributed by atoms with E-state index in [1.54, 1.807) is 0 Å². The van der Waals surface area contributed by atoms with Gasteiger partial charge in [-0.15, -0.1) is 0 Å². The monoisotopic (exact) mass is 512 g/mol. The van der Waals surface area contributed by atoms with Crippen LogP contribution >= 0.6 is 0 Å². The quantitative estimate of drug-likeness (QED) is 0.562. The van der Waals surface area contributed by atoms with Gasteiger partial charge in [-0.05, 0) is 81.9 Å². The lowest BCUT2D eigenvalue weighted by Crippen LogP contribution is -2.59. The van der Waals surface area contributed by atoms with Crippen molar-refractivity contribution in [1.29, 1.82) is 0 Å². The van der Waals surface area contributed by atoms with Crippen LogP contribution in [0.3, 0.4) is 0 Å². The van der Waals surface area contributed by atoms with E-state index in [0.29, 0.717) is 6.54 Å². The van der Waals surface area contributed by atoms with Crippen LogP contribution in [0.15, 0.2) is 78.7 Å². The van der Waals surface area contributed by atoms with E-state index in [1.807, 2.05) is 43.3 Å². The van der Waals surface area contributed by atoms with Crippen molar-refractivity contribution in [1.82, 2.24) is 20.0 Å². The first kappa shape index (κ1) is 25.9. The zero-order chi connectivity index (χ0) is 26.9. The maximum Gasteiger partial charge on any atom is 0.321 e. The van der Waals surface area contributed by atoms with Crippen LogP contribution in [-0.4, -0.2) is 67.7 Å². The molecular formula is C31H40N6O. The number of urea groups is 1. The molecule has 0 radical (unpaired) electrons. The molecule has 2 N–H and O–H groups in total. The van der Waals surface area contributed by atoms with Crippen LogP contribution in [0.5, 0.6) is 0 Å². The molecule has 200 valence electrons. The normalized spacial score (nSPS) is 22.5. The summed E-state index contributed by atoms with van der Waals surface area (Å²) in [5, 5.41) is 7.04. The number of fused-ring (bicyclic) bond motifs is 1. The number of rotatable bonds is 6. The number of anilines is 2. The Morgan fingerprint density at radius 2 is 1.89 bits per heavy atom. The van der Waals surface area contributed by atoms with Crippen LogP contribution in [0.1, 0.15) is 30.9 Å². The summed E-state index contributed by atoms with van der Waals surface area (Å²) in [7, 11) is 8.22. The number of piperidine rings is 1. The summed E-state index contributed by atoms with van der Waals surface area (Å²) in [4.78, 5) is 21.9. The molecule has 0 saturated carbocycles. The fourth-order valence-corrected chi connectivity index (χ4v) is 5.80. The Balaban J connectivity index is 1.34. The number of amides is 2. The molecular weight excluding hydrogens is 472 g/mol. The summed E-state index contributed by atoms with van der Waals surface area (Å²) in [6.07, 6.45) is 10.6. The number of nitrogens with one attached hydrogen (secondary N) is 2. The fourth-order valence-electron chi connectivity index (χ4n) is 5.80. The molecule has 38 heavy (non-hydrogen) atoms. The highest BCUT2D eigenvalue weighted by atomic mass is 16.2. The first-order valence-corrected chi connectivity index (χ1v) is 13.5. The molecule has 1 saturated heterocycles. The van der Waals surface area contributed by atoms with Crippen molar-refractivity contribution in [3.63, 3.8) is 0 Å². The average molecular weight is 513 g/mol. The first-order valence-electron chi connectivity index (χ1n) is 13.5. The minimum Gasteiger partial charge on any atom is -0.378 e. The lowest BCUT2D eigenvalue weighted by Gasteiger charge is -2.46. The Labute approximate surface area is 227 Å². The molecule has 3 heterocycles. The molecule has 2 aromatic carbocycles. The summed E-state index contributed by atoms with van der Waals surface area (Å²) in [5.41, 5.74) is 6.40. The third kappa shape index (κ3) is 5.16. The van der Waals surface area contributed by atoms with E-state index in [4.69, 9.17) is 0 Å². The molecule has 0 spiro atoms. The van der Waals surface area contributed by atoms with E-state index in [2.05, 4.69) is 95.0 Å². The molecule has 0 bridgehead atoms. The molecule has 2 aromatic rings. The number of carbonyl (C=O) groups excluding carboxylic acids is 1. The van der Waals surface area contributed by atoms with Crippen LogP contribution in [0.4, 0.5) is 16.2 Å². The Hall–Kier alpha value is -3.71. The van der Waals surface area contributed by atoms with E-state index < -0.39 is 0 Å². The number of benzene rings is 2. The third-order valence-corrected chi connectivity index (χ3v) is 7.85. The highest BCUT2D eigenvalue weighted by Crippen LogP contribution is 2.42. The van der Waals surface area contributed by atoms with E-state index in [9.17, 15) is 4.79 Å². The van der Waals surface area contributed by atoms with Gasteiger partial charge in [0.1, 0.15) is 5.66 Å². The fraction of sp³-hybridized carbons (Fsp3) is 0.387. The topological polar surface area (TPSA) is 54.1 Å². The SMILES string of the molecule is CN(C)Cc1cccc(C2=C3C=CC=CN3C(C)([C@@H]3CCCN(C(=O)Nc4ccc(N(C)C)cc4)C3)N2)c1. The van der Waals surface area contributed by atoms with Gasteiger partial charge < -0.3 is 30.2 Å². The molecule has 7 heteroatoms. The summed E-state index contributed by atoms with van der Waals surface area (Å²) in [5.74, 6) is 0.256. The molecule has 3 aliphatic rings. The van der Waals surface area contributed by atoms with Crippen LogP contribution in [0.25, 0.3) is 5.70 Å². The molecule has 5 rings (SSSR count). The van der Waals surface area contributed by atoms with Gasteiger partial charge in [-0.3, -0.25) is 0 Å². The van der Waals surface area contributed by atoms with Crippen molar-refractivity contribution in [2.75, 3.05) is 51.5 Å². The maximum absolute atomic E-state index is 13.3. The smallest absolute Gasteiger partial charge is 0.321 e. The van der Waals surface area contributed by atoms with Crippen molar-refractivity contribution >= 4 is 23.1 Å². The number of allylic oxidation sites excluding steroid dienone is 3. The van der Waals surface area contributed by atoms with Gasteiger partial charge >= 0.3 is 6.03 Å². The molecule has 0 aliphatic carbocycles. The Morgan fingerprint density at radius 3 is 2.63 bits per heavy atom. The second-order valence-electron chi connectivity index (χ2n) is 11.2. The average Bonchev–Trinajstić information content (AvgIpc) is 3.23. The highest BCUT2D eigenvalue weighted by Gasteiger charge is 2.47. The number of hydrogen-bond donors (Lipinski definition) is 2. The van der Waals surface area contributed by atoms with Gasteiger partial charge in [0.25, 0.3) is 0 Å². The summed E-state index contributed by atoms with van der Waals surface area (Å²) in [6, 6.07) is 16.7. The van der Waals surface area contributed by atoms with Crippen LogP contribution < -0.4 is 15.5 Å². The number of likely N-dealkylation sites (tertiary alicyclic amines) is 1. The second-order valence-corrected chi connectivity index (χ2v) is 11.2. The van der Waals surface area contributed by atoms with Gasteiger partial charge in [0.15, 0.2) is 0 Å². The lowest BCUT2D eigenvalue weighted by atomic mass is 9.85. The zero-order valence-corrected chi connectivity index (χ0v) is 23.2. The van der Waals surface area contributed by atoms with Crippen LogP contribution in [0.2, 0.25) is 0 Å². The molecule has 2 amide bonds. The van der Waals surface area contributed by atoms with Crippen LogP contribution in [0, 0.1) is 5.92 Å². The largest absolute Gasteiger partial charge is 0.378 e. The van der Waals surface area contributed by atoms with Gasteiger partial charge in [-0.2, -0.15) is 0 Å². The summed E-state index contributed by atoms with van der Waals surface area (Å²) in [6.45, 7) is 4.64. The van der Waals surface area contributed by atoms with Gasteiger partial charge in [0.05, 0.1) is 11.4 Å². The molecule has 7 nitrogen and oxygen atoms in total. The van der Waals surface area contributed by atoms with Crippen molar-refractivity contribution in [2.24, 2.45) is 5.92 Å². The van der Waals surface area contributed by atoms with Crippen LogP contribution in [-0.2, 0) is 6.54 Å². The second kappa shape index (κ2) is 10.6. The van der Waals surface area contributed by atoms with Gasteiger partial charge in [-0.1, -0.05) is 24.3 Å². The standard InChI is InChI=1S/C31H40N6O/c1-31(25-12-9-18-36(22-25)30(38)32-26-14-16-27(17-15-26)35(4)5)33-29(28-13-6-7-19-37(28)31)24-11-8-10-23(20-24)21-34(2)3/h6-8,10-11,13-17,19-20,25,33H,9,12,18,21-22H2,1-5H3,(H,32,38)/t25-,31?/m1/s1. The molecule has 1 fully saturated rings. The van der Waals surface area contributed by atoms with Crippen molar-refractivity contribution < 1.29 is 4.79 Å². The van der Waals surface area contributed by atoms with E-state index >= 15 is 0 Å². The van der Waals surface area contributed by atoms with E-state index in [1.165, 1.54) is 16.8 Å². The predicted octanol–water partition coefficient (Wildman–Crippen LogP) is 5.13. The van der Waals surface area contributed by atoms with Gasteiger partial charge in [0, 0.05) is 62.8 Å². The van der Waals surface area contributed by atoms with Crippen molar-refractivity contribution in [3.8, 4) is 0 Å². The van der Waals surface area contributed by atoms with E-state index in [0.717, 1.165) is 43.0 Å². The third-order valence-electron chi connectivity index (χ3n) is 7.85. The minimum absolute atomic E-state index is 0.0345. The minimum atomic E-state index is -0.338.